The lowest BCUT2D eigenvalue weighted by atomic mass is 9.90. The second-order valence-electron chi connectivity index (χ2n) is 5.21. The van der Waals surface area contributed by atoms with Crippen LogP contribution in [0.3, 0.4) is 0 Å². The van der Waals surface area contributed by atoms with Crippen LogP contribution in [0.2, 0.25) is 0 Å². The summed E-state index contributed by atoms with van der Waals surface area (Å²) < 4.78 is 0. The Kier molecular flexibility index (Phi) is 4.01. The molecule has 0 radical (unpaired) electrons. The third-order valence-electron chi connectivity index (χ3n) is 3.70. The Balaban J connectivity index is 2.21. The molecule has 0 unspecified atom stereocenters. The monoisotopic (exact) mass is 287 g/mol. The van der Waals surface area contributed by atoms with Gasteiger partial charge in [0.05, 0.1) is 6.42 Å². The highest BCUT2D eigenvalue weighted by molar-refractivity contribution is 5.86. The van der Waals surface area contributed by atoms with Gasteiger partial charge in [-0.25, -0.2) is 0 Å². The molecule has 2 heteroatoms. The van der Waals surface area contributed by atoms with Crippen LogP contribution in [0.15, 0.2) is 78.9 Å². The van der Waals surface area contributed by atoms with Crippen molar-refractivity contribution in [1.29, 1.82) is 0 Å². The summed E-state index contributed by atoms with van der Waals surface area (Å²) in [4.78, 5) is 11.6. The normalized spacial score (nSPS) is 10.4. The molecule has 0 spiro atoms. The maximum absolute atomic E-state index is 11.6. The molecule has 0 aliphatic rings. The van der Waals surface area contributed by atoms with Crippen molar-refractivity contribution in [3.8, 4) is 22.3 Å². The summed E-state index contributed by atoms with van der Waals surface area (Å²) in [6, 6.07) is 26.3. The number of amides is 1. The second kappa shape index (κ2) is 6.27. The van der Waals surface area contributed by atoms with Crippen LogP contribution < -0.4 is 5.73 Å². The number of carbonyl (C=O) groups is 1. The molecule has 108 valence electrons. The first-order chi connectivity index (χ1) is 10.8. The summed E-state index contributed by atoms with van der Waals surface area (Å²) in [5.41, 5.74) is 10.8. The Morgan fingerprint density at radius 3 is 1.55 bits per heavy atom. The molecule has 2 N–H and O–H groups in total. The van der Waals surface area contributed by atoms with Crippen molar-refractivity contribution in [2.75, 3.05) is 0 Å². The molecule has 3 aromatic rings. The number of carbonyl (C=O) groups excluding carboxylic acids is 1. The molecule has 2 nitrogen and oxygen atoms in total. The van der Waals surface area contributed by atoms with Crippen LogP contribution in [-0.4, -0.2) is 5.91 Å². The molecule has 0 aliphatic carbocycles. The largest absolute Gasteiger partial charge is 0.369 e. The van der Waals surface area contributed by atoms with Crippen molar-refractivity contribution in [1.82, 2.24) is 0 Å². The molecule has 0 heterocycles. The van der Waals surface area contributed by atoms with E-state index in [-0.39, 0.29) is 12.3 Å². The van der Waals surface area contributed by atoms with Gasteiger partial charge in [-0.3, -0.25) is 4.79 Å². The van der Waals surface area contributed by atoms with Crippen molar-refractivity contribution >= 4 is 5.91 Å². The van der Waals surface area contributed by atoms with Crippen LogP contribution in [0, 0.1) is 0 Å². The van der Waals surface area contributed by atoms with Gasteiger partial charge in [-0.15, -0.1) is 0 Å². The van der Waals surface area contributed by atoms with Crippen molar-refractivity contribution in [2.24, 2.45) is 5.73 Å². The minimum Gasteiger partial charge on any atom is -0.369 e. The zero-order chi connectivity index (χ0) is 15.4. The Morgan fingerprint density at radius 2 is 1.14 bits per heavy atom. The van der Waals surface area contributed by atoms with Gasteiger partial charge in [0.1, 0.15) is 0 Å². The second-order valence-corrected chi connectivity index (χ2v) is 5.21. The topological polar surface area (TPSA) is 43.1 Å². The summed E-state index contributed by atoms with van der Waals surface area (Å²) in [5.74, 6) is -0.319. The van der Waals surface area contributed by atoms with Crippen LogP contribution in [0.25, 0.3) is 22.3 Å². The third kappa shape index (κ3) is 2.91. The lowest BCUT2D eigenvalue weighted by molar-refractivity contribution is -0.117. The standard InChI is InChI=1S/C20H17NO/c21-20(22)14-19-17(15-8-3-1-4-9-15)12-7-13-18(19)16-10-5-2-6-11-16/h1-13H,14H2,(H2,21,22). The number of hydrogen-bond acceptors (Lipinski definition) is 1. The van der Waals surface area contributed by atoms with Gasteiger partial charge in [-0.05, 0) is 27.8 Å². The molecule has 0 saturated carbocycles. The summed E-state index contributed by atoms with van der Waals surface area (Å²) >= 11 is 0. The van der Waals surface area contributed by atoms with E-state index in [1.54, 1.807) is 0 Å². The number of hydrogen-bond donors (Lipinski definition) is 1. The van der Waals surface area contributed by atoms with Crippen molar-refractivity contribution in [3.63, 3.8) is 0 Å². The fourth-order valence-electron chi connectivity index (χ4n) is 2.73. The number of rotatable bonds is 4. The molecule has 22 heavy (non-hydrogen) atoms. The number of nitrogens with two attached hydrogens (primary N) is 1. The molecule has 0 atom stereocenters. The molecule has 0 bridgehead atoms. The van der Waals surface area contributed by atoms with Gasteiger partial charge in [-0.1, -0.05) is 78.9 Å². The van der Waals surface area contributed by atoms with Gasteiger partial charge in [-0.2, -0.15) is 0 Å². The van der Waals surface area contributed by atoms with E-state index in [9.17, 15) is 4.79 Å². The predicted octanol–water partition coefficient (Wildman–Crippen LogP) is 4.05. The minimum absolute atomic E-state index is 0.231. The van der Waals surface area contributed by atoms with Crippen LogP contribution in [-0.2, 0) is 11.2 Å². The van der Waals surface area contributed by atoms with Crippen LogP contribution >= 0.6 is 0 Å². The van der Waals surface area contributed by atoms with E-state index < -0.39 is 0 Å². The Hall–Kier alpha value is -2.87. The van der Waals surface area contributed by atoms with Gasteiger partial charge < -0.3 is 5.73 Å². The van der Waals surface area contributed by atoms with E-state index in [2.05, 4.69) is 24.3 Å². The molecule has 3 rings (SSSR count). The van der Waals surface area contributed by atoms with E-state index in [1.807, 2.05) is 54.6 Å². The first-order valence-corrected chi connectivity index (χ1v) is 7.27. The van der Waals surface area contributed by atoms with E-state index in [0.717, 1.165) is 27.8 Å². The number of benzene rings is 3. The van der Waals surface area contributed by atoms with E-state index in [1.165, 1.54) is 0 Å². The average molecular weight is 287 g/mol. The van der Waals surface area contributed by atoms with Crippen LogP contribution in [0.1, 0.15) is 5.56 Å². The summed E-state index contributed by atoms with van der Waals surface area (Å²) in [6.07, 6.45) is 0.231. The fourth-order valence-corrected chi connectivity index (χ4v) is 2.73. The Bertz CT molecular complexity index is 722. The Labute approximate surface area is 130 Å². The Morgan fingerprint density at radius 1 is 0.682 bits per heavy atom. The maximum Gasteiger partial charge on any atom is 0.221 e. The molecule has 0 fully saturated rings. The summed E-state index contributed by atoms with van der Waals surface area (Å²) in [6.45, 7) is 0. The molecule has 0 aromatic heterocycles. The van der Waals surface area contributed by atoms with Crippen LogP contribution in [0.4, 0.5) is 0 Å². The lowest BCUT2D eigenvalue weighted by Gasteiger charge is -2.14. The molecule has 1 amide bonds. The van der Waals surface area contributed by atoms with Gasteiger partial charge in [0.15, 0.2) is 0 Å². The highest BCUT2D eigenvalue weighted by atomic mass is 16.1. The van der Waals surface area contributed by atoms with E-state index in [4.69, 9.17) is 5.73 Å². The van der Waals surface area contributed by atoms with Crippen molar-refractivity contribution < 1.29 is 4.79 Å². The quantitative estimate of drug-likeness (QED) is 0.773. The SMILES string of the molecule is NC(=O)Cc1c(-c2ccccc2)cccc1-c1ccccc1. The molecular weight excluding hydrogens is 270 g/mol. The smallest absolute Gasteiger partial charge is 0.221 e. The van der Waals surface area contributed by atoms with Gasteiger partial charge in [0, 0.05) is 0 Å². The summed E-state index contributed by atoms with van der Waals surface area (Å²) in [7, 11) is 0. The van der Waals surface area contributed by atoms with Crippen molar-refractivity contribution in [2.45, 2.75) is 6.42 Å². The maximum atomic E-state index is 11.6. The van der Waals surface area contributed by atoms with Gasteiger partial charge >= 0.3 is 0 Å². The minimum atomic E-state index is -0.319. The predicted molar refractivity (Wildman–Crippen MR) is 90.2 cm³/mol. The molecule has 0 saturated heterocycles. The van der Waals surface area contributed by atoms with Crippen molar-refractivity contribution in [3.05, 3.63) is 84.4 Å². The highest BCUT2D eigenvalue weighted by Crippen LogP contribution is 2.32. The van der Waals surface area contributed by atoms with Gasteiger partial charge in [0.25, 0.3) is 0 Å². The molecule has 3 aromatic carbocycles. The average Bonchev–Trinajstić information content (AvgIpc) is 2.56. The summed E-state index contributed by atoms with van der Waals surface area (Å²) in [5, 5.41) is 0. The fraction of sp³-hybridized carbons (Fsp3) is 0.0500. The van der Waals surface area contributed by atoms with Crippen LogP contribution in [0.5, 0.6) is 0 Å². The first-order valence-electron chi connectivity index (χ1n) is 7.27. The lowest BCUT2D eigenvalue weighted by Crippen LogP contribution is -2.15. The first kappa shape index (κ1) is 14.1. The zero-order valence-corrected chi connectivity index (χ0v) is 12.2. The molecular formula is C20H17NO. The zero-order valence-electron chi connectivity index (χ0n) is 12.2. The molecule has 0 aliphatic heterocycles. The number of primary amides is 1. The van der Waals surface area contributed by atoms with E-state index in [0.29, 0.717) is 0 Å². The highest BCUT2D eigenvalue weighted by Gasteiger charge is 2.13. The van der Waals surface area contributed by atoms with Gasteiger partial charge in [0.2, 0.25) is 5.91 Å². The van der Waals surface area contributed by atoms with E-state index >= 15 is 0 Å². The third-order valence-corrected chi connectivity index (χ3v) is 3.70.